The molecule has 160 valence electrons. The number of fused-ring (bicyclic) bond motifs is 1. The van der Waals surface area contributed by atoms with E-state index in [1.807, 2.05) is 43.3 Å². The van der Waals surface area contributed by atoms with Crippen LogP contribution in [0.5, 0.6) is 0 Å². The van der Waals surface area contributed by atoms with Gasteiger partial charge in [-0.1, -0.05) is 36.7 Å². The van der Waals surface area contributed by atoms with Gasteiger partial charge in [-0.2, -0.15) is 5.26 Å². The summed E-state index contributed by atoms with van der Waals surface area (Å²) in [6.07, 6.45) is 4.14. The van der Waals surface area contributed by atoms with Gasteiger partial charge < -0.3 is 9.40 Å². The van der Waals surface area contributed by atoms with Crippen LogP contribution in [0, 0.1) is 17.2 Å². The lowest BCUT2D eigenvalue weighted by Crippen LogP contribution is -2.23. The summed E-state index contributed by atoms with van der Waals surface area (Å²) in [7, 11) is 0. The van der Waals surface area contributed by atoms with E-state index in [4.69, 9.17) is 16.0 Å². The highest BCUT2D eigenvalue weighted by molar-refractivity contribution is 6.30. The maximum atomic E-state index is 13.0. The smallest absolute Gasteiger partial charge is 0.195 e. The molecule has 0 bridgehead atoms. The molecule has 7 heteroatoms. The summed E-state index contributed by atoms with van der Waals surface area (Å²) in [5, 5.41) is 10.9. The van der Waals surface area contributed by atoms with Gasteiger partial charge in [0.25, 0.3) is 0 Å². The number of aromatic nitrogens is 2. The lowest BCUT2D eigenvalue weighted by atomic mass is 9.92. The molecule has 0 saturated heterocycles. The topological polar surface area (TPSA) is 99.8 Å². The van der Waals surface area contributed by atoms with Gasteiger partial charge >= 0.3 is 0 Å². The van der Waals surface area contributed by atoms with Crippen LogP contribution in [0.2, 0.25) is 5.02 Å². The lowest BCUT2D eigenvalue weighted by Gasteiger charge is -2.06. The minimum atomic E-state index is -1.37. The van der Waals surface area contributed by atoms with Gasteiger partial charge in [0, 0.05) is 46.1 Å². The molecule has 1 N–H and O–H groups in total. The largest absolute Gasteiger partial charge is 0.441 e. The van der Waals surface area contributed by atoms with Crippen LogP contribution in [0.25, 0.3) is 22.2 Å². The van der Waals surface area contributed by atoms with Gasteiger partial charge in [0.15, 0.2) is 29.1 Å². The number of H-pyrrole nitrogens is 1. The number of ketones is 2. The summed E-state index contributed by atoms with van der Waals surface area (Å²) in [6, 6.07) is 14.7. The summed E-state index contributed by atoms with van der Waals surface area (Å²) in [5.41, 5.74) is 3.10. The molecule has 0 fully saturated rings. The Morgan fingerprint density at radius 1 is 1.22 bits per heavy atom. The number of hydrogen-bond donors (Lipinski definition) is 1. The third-order valence-electron chi connectivity index (χ3n) is 5.43. The van der Waals surface area contributed by atoms with E-state index < -0.39 is 17.5 Å². The van der Waals surface area contributed by atoms with E-state index in [0.717, 1.165) is 28.5 Å². The molecule has 0 saturated carbocycles. The number of aryl methyl sites for hydroxylation is 2. The van der Waals surface area contributed by atoms with Crippen molar-refractivity contribution in [3.63, 3.8) is 0 Å². The first-order valence-electron chi connectivity index (χ1n) is 10.3. The minimum absolute atomic E-state index is 0.0207. The number of benzene rings is 2. The minimum Gasteiger partial charge on any atom is -0.441 e. The van der Waals surface area contributed by atoms with Crippen LogP contribution in [0.4, 0.5) is 0 Å². The van der Waals surface area contributed by atoms with Gasteiger partial charge in [0.2, 0.25) is 0 Å². The molecule has 6 nitrogen and oxygen atoms in total. The van der Waals surface area contributed by atoms with E-state index in [1.165, 1.54) is 0 Å². The fourth-order valence-corrected chi connectivity index (χ4v) is 3.82. The van der Waals surface area contributed by atoms with Crippen LogP contribution in [-0.4, -0.2) is 21.5 Å². The predicted molar refractivity (Wildman–Crippen MR) is 121 cm³/mol. The number of nitriles is 1. The predicted octanol–water partition coefficient (Wildman–Crippen LogP) is 5.56. The quantitative estimate of drug-likeness (QED) is 0.282. The second-order valence-corrected chi connectivity index (χ2v) is 7.85. The zero-order valence-electron chi connectivity index (χ0n) is 17.4. The number of oxazole rings is 1. The molecule has 0 radical (unpaired) electrons. The van der Waals surface area contributed by atoms with Crippen molar-refractivity contribution in [1.82, 2.24) is 9.97 Å². The average molecular weight is 446 g/mol. The molecule has 0 spiro atoms. The van der Waals surface area contributed by atoms with Gasteiger partial charge in [-0.15, -0.1) is 0 Å². The number of aromatic amines is 1. The Morgan fingerprint density at radius 3 is 2.72 bits per heavy atom. The van der Waals surface area contributed by atoms with Crippen LogP contribution in [0.1, 0.15) is 35.2 Å². The van der Waals surface area contributed by atoms with Crippen LogP contribution in [0.3, 0.4) is 0 Å². The fraction of sp³-hybridized carbons (Fsp3) is 0.200. The molecule has 1 atom stereocenters. The van der Waals surface area contributed by atoms with Gasteiger partial charge in [0.1, 0.15) is 0 Å². The van der Waals surface area contributed by atoms with E-state index in [0.29, 0.717) is 22.2 Å². The Balaban J connectivity index is 1.46. The first-order valence-corrected chi connectivity index (χ1v) is 10.7. The van der Waals surface area contributed by atoms with E-state index in [-0.39, 0.29) is 12.8 Å². The molecule has 0 aliphatic rings. The van der Waals surface area contributed by atoms with Crippen molar-refractivity contribution in [1.29, 1.82) is 5.26 Å². The third-order valence-corrected chi connectivity index (χ3v) is 5.68. The van der Waals surface area contributed by atoms with Crippen molar-refractivity contribution in [3.8, 4) is 17.4 Å². The van der Waals surface area contributed by atoms with Crippen molar-refractivity contribution in [2.24, 2.45) is 5.92 Å². The van der Waals surface area contributed by atoms with Crippen molar-refractivity contribution in [2.45, 2.75) is 26.2 Å². The summed E-state index contributed by atoms with van der Waals surface area (Å²) in [5.74, 6) is -1.39. The highest BCUT2D eigenvalue weighted by atomic mass is 35.5. The van der Waals surface area contributed by atoms with Crippen molar-refractivity contribution in [3.05, 3.63) is 76.9 Å². The molecule has 4 rings (SSSR count). The van der Waals surface area contributed by atoms with Crippen LogP contribution < -0.4 is 0 Å². The highest BCUT2D eigenvalue weighted by Crippen LogP contribution is 2.26. The Bertz CT molecular complexity index is 1330. The number of Topliss-reactive ketones (excluding diaryl/α,β-unsaturated/α-hetero) is 2. The maximum Gasteiger partial charge on any atom is 0.195 e. The molecular formula is C25H20ClN3O3. The first kappa shape index (κ1) is 21.5. The second kappa shape index (κ2) is 9.21. The number of nitrogens with one attached hydrogen (secondary N) is 1. The number of rotatable bonds is 8. The summed E-state index contributed by atoms with van der Waals surface area (Å²) in [4.78, 5) is 33.0. The molecular weight excluding hydrogens is 426 g/mol. The standard InChI is InChI=1S/C25H20ClN3O3/c1-2-15-4-3-5-18-20(13-29-24(15)18)25(31)19(12-27)21(30)10-11-23-28-14-22(32-23)16-6-8-17(26)9-7-16/h3-9,13-14,19,29H,2,10-11H2,1H3/t19-/m1/s1. The molecule has 2 aromatic carbocycles. The maximum absolute atomic E-state index is 13.0. The van der Waals surface area contributed by atoms with Gasteiger partial charge in [-0.25, -0.2) is 4.98 Å². The zero-order valence-corrected chi connectivity index (χ0v) is 18.1. The summed E-state index contributed by atoms with van der Waals surface area (Å²) in [6.45, 7) is 2.03. The molecule has 32 heavy (non-hydrogen) atoms. The molecule has 0 aliphatic heterocycles. The van der Waals surface area contributed by atoms with E-state index in [9.17, 15) is 14.9 Å². The van der Waals surface area contributed by atoms with Crippen molar-refractivity contribution in [2.75, 3.05) is 0 Å². The fourth-order valence-electron chi connectivity index (χ4n) is 3.70. The monoisotopic (exact) mass is 445 g/mol. The number of carbonyl (C=O) groups is 2. The van der Waals surface area contributed by atoms with Gasteiger partial charge in [0.05, 0.1) is 12.3 Å². The van der Waals surface area contributed by atoms with Crippen molar-refractivity contribution >= 4 is 34.1 Å². The van der Waals surface area contributed by atoms with E-state index >= 15 is 0 Å². The van der Waals surface area contributed by atoms with Crippen molar-refractivity contribution < 1.29 is 14.0 Å². The number of carbonyl (C=O) groups excluding carboxylic acids is 2. The molecule has 0 unspecified atom stereocenters. The van der Waals surface area contributed by atoms with Crippen LogP contribution >= 0.6 is 11.6 Å². The number of halogens is 1. The Kier molecular flexibility index (Phi) is 6.20. The molecule has 2 aromatic heterocycles. The third kappa shape index (κ3) is 4.20. The molecule has 4 aromatic rings. The second-order valence-electron chi connectivity index (χ2n) is 7.41. The molecule has 2 heterocycles. The number of hydrogen-bond acceptors (Lipinski definition) is 5. The average Bonchev–Trinajstić information content (AvgIpc) is 3.46. The Labute approximate surface area is 189 Å². The summed E-state index contributed by atoms with van der Waals surface area (Å²) >= 11 is 5.90. The van der Waals surface area contributed by atoms with Crippen LogP contribution in [-0.2, 0) is 17.6 Å². The molecule has 0 aliphatic carbocycles. The lowest BCUT2D eigenvalue weighted by molar-refractivity contribution is -0.120. The Morgan fingerprint density at radius 2 is 2.00 bits per heavy atom. The summed E-state index contributed by atoms with van der Waals surface area (Å²) < 4.78 is 5.71. The van der Waals surface area contributed by atoms with E-state index in [1.54, 1.807) is 24.5 Å². The Hall–Kier alpha value is -3.69. The van der Waals surface area contributed by atoms with Gasteiger partial charge in [-0.05, 0) is 36.2 Å². The zero-order chi connectivity index (χ0) is 22.7. The van der Waals surface area contributed by atoms with E-state index in [2.05, 4.69) is 9.97 Å². The number of nitrogens with zero attached hydrogens (tertiary/aromatic N) is 2. The van der Waals surface area contributed by atoms with Crippen LogP contribution in [0.15, 0.2) is 59.3 Å². The van der Waals surface area contributed by atoms with Gasteiger partial charge in [-0.3, -0.25) is 9.59 Å². The normalized spacial score (nSPS) is 11.9. The SMILES string of the molecule is CCc1cccc2c(C(=O)[C@H](C#N)C(=O)CCc3ncc(-c4ccc(Cl)cc4)o3)c[nH]c12. The number of para-hydroxylation sites is 1. The molecule has 0 amide bonds. The first-order chi connectivity index (χ1) is 15.5. The highest BCUT2D eigenvalue weighted by Gasteiger charge is 2.29.